The second kappa shape index (κ2) is 17.5. The number of hydrogen-bond donors (Lipinski definition) is 6. The smallest absolute Gasteiger partial charge is 0.461 e. The fraction of sp³-hybridized carbons (Fsp3) is 0.680. The summed E-state index contributed by atoms with van der Waals surface area (Å²) in [5.74, 6) is -0.513. The number of carbonyl (C=O) groups excluding carboxylic acids is 1. The number of azide groups is 1. The number of unbranched alkanes of at least 4 members (excludes halogenated alkanes) is 3. The summed E-state index contributed by atoms with van der Waals surface area (Å²) >= 11 is 0. The second-order valence-corrected chi connectivity index (χ2v) is 9.97. The average Bonchev–Trinajstić information content (AvgIpc) is 3.00. The first-order valence-electron chi connectivity index (χ1n) is 14.0. The molecular weight excluding hydrogens is 570 g/mol. The third-order valence-corrected chi connectivity index (χ3v) is 6.89. The summed E-state index contributed by atoms with van der Waals surface area (Å²) in [5.41, 5.74) is 8.65. The number of benzene rings is 1. The number of rotatable bonds is 18. The summed E-state index contributed by atoms with van der Waals surface area (Å²) in [5, 5.41) is 77.0. The Morgan fingerprint density at radius 2 is 1.86 bits per heavy atom. The maximum Gasteiger partial charge on any atom is 0.461 e. The van der Waals surface area contributed by atoms with Crippen molar-refractivity contribution in [3.63, 3.8) is 0 Å². The molecule has 18 nitrogen and oxygen atoms in total. The number of ether oxygens (including phenoxy) is 2. The number of fused-ring (bicyclic) bond motifs is 1. The number of aliphatic hydroxyl groups is 4. The summed E-state index contributed by atoms with van der Waals surface area (Å²) in [4.78, 5) is 17.6. The molecule has 0 spiro atoms. The fourth-order valence-corrected chi connectivity index (χ4v) is 4.59. The third-order valence-electron chi connectivity index (χ3n) is 6.89. The summed E-state index contributed by atoms with van der Waals surface area (Å²) in [6.45, 7) is 0.866. The number of hydrogen-bond acceptors (Lipinski definition) is 13. The largest absolute Gasteiger partial charge is 0.739 e. The molecule has 1 fully saturated rings. The Morgan fingerprint density at radius 3 is 2.60 bits per heavy atom. The van der Waals surface area contributed by atoms with E-state index in [2.05, 4.69) is 25.8 Å². The molecule has 6 N–H and O–H groups in total. The number of aromatic nitrogens is 3. The van der Waals surface area contributed by atoms with Crippen molar-refractivity contribution >= 4 is 22.9 Å². The maximum atomic E-state index is 12.7. The van der Waals surface area contributed by atoms with Crippen LogP contribution in [0.25, 0.3) is 21.5 Å². The molecule has 0 radical (unpaired) electrons. The molecule has 1 aliphatic heterocycles. The molecule has 0 bridgehead atoms. The highest BCUT2D eigenvalue weighted by atomic mass is 16.7. The topological polar surface area (TPSA) is 259 Å². The van der Waals surface area contributed by atoms with E-state index in [9.17, 15) is 35.6 Å². The molecule has 1 aromatic heterocycles. The Labute approximate surface area is 247 Å². The predicted octanol–water partition coefficient (Wildman–Crippen LogP) is -1.98. The first-order valence-corrected chi connectivity index (χ1v) is 14.0. The zero-order valence-corrected chi connectivity index (χ0v) is 23.6. The zero-order valence-electron chi connectivity index (χ0n) is 23.6. The van der Waals surface area contributed by atoms with Crippen LogP contribution < -0.4 is 20.2 Å². The maximum absolute atomic E-state index is 12.7. The molecule has 1 aliphatic rings. The van der Waals surface area contributed by atoms with E-state index >= 15 is 0 Å². The van der Waals surface area contributed by atoms with E-state index in [0.29, 0.717) is 22.7 Å². The van der Waals surface area contributed by atoms with Crippen LogP contribution in [-0.4, -0.2) is 120 Å². The quantitative estimate of drug-likeness (QED) is 0.0268. The molecule has 3 rings (SSSR count). The van der Waals surface area contributed by atoms with Gasteiger partial charge in [-0.3, -0.25) is 15.0 Å². The molecule has 1 amide bonds. The van der Waals surface area contributed by atoms with E-state index in [4.69, 9.17) is 15.0 Å². The fourth-order valence-electron chi connectivity index (χ4n) is 4.59. The van der Waals surface area contributed by atoms with Gasteiger partial charge in [-0.2, -0.15) is 0 Å². The first-order chi connectivity index (χ1) is 20.8. The van der Waals surface area contributed by atoms with E-state index in [1.54, 1.807) is 12.1 Å². The Morgan fingerprint density at radius 1 is 1.12 bits per heavy atom. The number of nitrogens with zero attached hydrogens (tertiary/aromatic N) is 7. The Hall–Kier alpha value is -3.61. The van der Waals surface area contributed by atoms with Gasteiger partial charge in [-0.15, -0.1) is 0 Å². The number of aliphatic hydroxyl groups excluding tert-OH is 4. The van der Waals surface area contributed by atoms with Crippen LogP contribution in [0.4, 0.5) is 5.95 Å². The molecule has 238 valence electrons. The summed E-state index contributed by atoms with van der Waals surface area (Å²) in [7, 11) is 0. The van der Waals surface area contributed by atoms with Crippen molar-refractivity contribution in [3.05, 3.63) is 45.1 Å². The lowest BCUT2D eigenvalue weighted by atomic mass is 9.99. The SMILES string of the molecule is [N-]=[N+]=NCCCCCCN(CCOC1C(O)OC(CO)[C@@H](O)[C@@H]1O)CC(=O)NCCNc1n[n+]([O-])c2ccccc2[n+]1[O-]. The van der Waals surface area contributed by atoms with Gasteiger partial charge in [0.25, 0.3) is 5.52 Å². The van der Waals surface area contributed by atoms with Crippen LogP contribution >= 0.6 is 0 Å². The van der Waals surface area contributed by atoms with Crippen molar-refractivity contribution in [2.75, 3.05) is 57.8 Å². The van der Waals surface area contributed by atoms with Crippen molar-refractivity contribution in [3.8, 4) is 0 Å². The van der Waals surface area contributed by atoms with Gasteiger partial charge in [-0.1, -0.05) is 30.1 Å². The molecule has 5 atom stereocenters. The lowest BCUT2D eigenvalue weighted by Crippen LogP contribution is -2.59. The monoisotopic (exact) mass is 609 g/mol. The van der Waals surface area contributed by atoms with Crippen LogP contribution in [0.15, 0.2) is 29.4 Å². The summed E-state index contributed by atoms with van der Waals surface area (Å²) < 4.78 is 11.2. The molecule has 3 unspecified atom stereocenters. The van der Waals surface area contributed by atoms with Crippen LogP contribution in [0.1, 0.15) is 25.7 Å². The third kappa shape index (κ3) is 9.97. The van der Waals surface area contributed by atoms with Crippen LogP contribution in [0.2, 0.25) is 0 Å². The van der Waals surface area contributed by atoms with Gasteiger partial charge >= 0.3 is 5.95 Å². The normalized spacial score (nSPS) is 21.9. The van der Waals surface area contributed by atoms with Crippen molar-refractivity contribution in [1.82, 2.24) is 15.3 Å². The van der Waals surface area contributed by atoms with Gasteiger partial charge in [-0.25, -0.2) is 4.73 Å². The van der Waals surface area contributed by atoms with Gasteiger partial charge in [0, 0.05) is 35.5 Å². The molecule has 0 saturated carbocycles. The van der Waals surface area contributed by atoms with Crippen molar-refractivity contribution in [2.45, 2.75) is 56.4 Å². The minimum absolute atomic E-state index is 0.0000882. The molecule has 43 heavy (non-hydrogen) atoms. The van der Waals surface area contributed by atoms with Gasteiger partial charge in [0.05, 0.1) is 26.3 Å². The van der Waals surface area contributed by atoms with Crippen LogP contribution in [-0.2, 0) is 14.3 Å². The van der Waals surface area contributed by atoms with Crippen molar-refractivity contribution < 1.29 is 44.3 Å². The van der Waals surface area contributed by atoms with Gasteiger partial charge < -0.3 is 45.6 Å². The van der Waals surface area contributed by atoms with E-state index in [-0.39, 0.29) is 55.7 Å². The Balaban J connectivity index is 1.48. The number of carbonyl (C=O) groups is 1. The first kappa shape index (κ1) is 33.9. The van der Waals surface area contributed by atoms with Crippen molar-refractivity contribution in [1.29, 1.82) is 0 Å². The highest BCUT2D eigenvalue weighted by Gasteiger charge is 2.44. The predicted molar refractivity (Wildman–Crippen MR) is 150 cm³/mol. The van der Waals surface area contributed by atoms with Crippen LogP contribution in [0, 0.1) is 10.4 Å². The molecule has 0 aliphatic carbocycles. The van der Waals surface area contributed by atoms with Gasteiger partial charge in [0.2, 0.25) is 11.0 Å². The van der Waals surface area contributed by atoms with Gasteiger partial charge in [0.1, 0.15) is 24.4 Å². The standard InChI is InChI=1S/C25H39N9O9/c26-31-29-9-5-1-2-6-12-32(13-14-42-23-22(38)21(37)19(16-35)43-24(23)39)15-20(36)27-10-11-28-25-30-34(41)18-8-4-3-7-17(18)33(25)40/h3-4,7-8,19,21-24,35,37-39H,1-2,5-6,9-16H2,(H,27,36)(H,28,30)/t19?,21-,22+,23?,24?/m1/s1. The van der Waals surface area contributed by atoms with Gasteiger partial charge in [-0.05, 0) is 31.0 Å². The lowest BCUT2D eigenvalue weighted by Gasteiger charge is -2.40. The highest BCUT2D eigenvalue weighted by molar-refractivity contribution is 5.78. The average molecular weight is 610 g/mol. The van der Waals surface area contributed by atoms with Crippen molar-refractivity contribution in [2.24, 2.45) is 5.11 Å². The molecule has 1 aromatic carbocycles. The Bertz CT molecular complexity index is 1220. The molecule has 2 heterocycles. The highest BCUT2D eigenvalue weighted by Crippen LogP contribution is 2.22. The summed E-state index contributed by atoms with van der Waals surface area (Å²) in [6.07, 6.45) is -3.72. The van der Waals surface area contributed by atoms with E-state index < -0.39 is 37.3 Å². The van der Waals surface area contributed by atoms with Crippen LogP contribution in [0.5, 0.6) is 0 Å². The Kier molecular flexibility index (Phi) is 13.8. The molecule has 1 saturated heterocycles. The van der Waals surface area contributed by atoms with Gasteiger partial charge in [0.15, 0.2) is 11.8 Å². The number of anilines is 1. The second-order valence-electron chi connectivity index (χ2n) is 9.97. The molecule has 18 heteroatoms. The van der Waals surface area contributed by atoms with E-state index in [1.165, 1.54) is 12.1 Å². The van der Waals surface area contributed by atoms with E-state index in [1.807, 2.05) is 4.90 Å². The minimum atomic E-state index is -1.56. The summed E-state index contributed by atoms with van der Waals surface area (Å²) in [6, 6.07) is 6.24. The number of nitrogens with one attached hydrogen (secondary N) is 2. The van der Waals surface area contributed by atoms with Crippen LogP contribution in [0.3, 0.4) is 0 Å². The molecule has 2 aromatic rings. The number of para-hydroxylation sites is 2. The zero-order chi connectivity index (χ0) is 31.2. The number of amides is 1. The molecular formula is C25H39N9O9. The lowest BCUT2D eigenvalue weighted by molar-refractivity contribution is -0.672. The minimum Gasteiger partial charge on any atom is -0.739 e. The van der Waals surface area contributed by atoms with E-state index in [0.717, 1.165) is 25.7 Å².